The minimum atomic E-state index is -4.50. The summed E-state index contributed by atoms with van der Waals surface area (Å²) in [6.07, 6.45) is -3.43. The summed E-state index contributed by atoms with van der Waals surface area (Å²) in [7, 11) is 0. The van der Waals surface area contributed by atoms with Crippen LogP contribution in [0.2, 0.25) is 0 Å². The van der Waals surface area contributed by atoms with Gasteiger partial charge in [0.05, 0.1) is 6.61 Å². The van der Waals surface area contributed by atoms with Gasteiger partial charge in [-0.25, -0.2) is 0 Å². The molecular formula is C7H12ClF3O. The molecule has 0 aromatic heterocycles. The summed E-state index contributed by atoms with van der Waals surface area (Å²) < 4.78 is 37.8. The molecule has 12 heavy (non-hydrogen) atoms. The second kappa shape index (κ2) is 5.65. The van der Waals surface area contributed by atoms with Gasteiger partial charge in [0.1, 0.15) is 0 Å². The zero-order valence-electron chi connectivity index (χ0n) is 6.83. The highest BCUT2D eigenvalue weighted by molar-refractivity contribution is 6.18. The van der Waals surface area contributed by atoms with Crippen molar-refractivity contribution < 1.29 is 17.9 Å². The molecule has 0 heterocycles. The van der Waals surface area contributed by atoms with Crippen molar-refractivity contribution in [3.8, 4) is 0 Å². The van der Waals surface area contributed by atoms with Gasteiger partial charge in [-0.2, -0.15) is 0 Å². The van der Waals surface area contributed by atoms with E-state index >= 15 is 0 Å². The van der Waals surface area contributed by atoms with Crippen molar-refractivity contribution in [2.75, 3.05) is 12.5 Å². The second-order valence-corrected chi connectivity index (χ2v) is 3.00. The molecule has 0 fully saturated rings. The maximum atomic E-state index is 11.4. The Morgan fingerprint density at radius 3 is 2.42 bits per heavy atom. The van der Waals surface area contributed by atoms with Gasteiger partial charge in [0.2, 0.25) is 0 Å². The van der Waals surface area contributed by atoms with E-state index in [1.807, 2.05) is 6.92 Å². The molecule has 0 radical (unpaired) electrons. The van der Waals surface area contributed by atoms with Gasteiger partial charge in [-0.15, -0.1) is 24.8 Å². The van der Waals surface area contributed by atoms with E-state index in [2.05, 4.69) is 4.74 Å². The lowest BCUT2D eigenvalue weighted by molar-refractivity contribution is -0.324. The Labute approximate surface area is 74.8 Å². The van der Waals surface area contributed by atoms with Crippen LogP contribution in [0.25, 0.3) is 0 Å². The molecule has 0 saturated heterocycles. The Kier molecular flexibility index (Phi) is 5.66. The topological polar surface area (TPSA) is 9.23 Å². The SMILES string of the molecule is CC(CCl)CCCOC(F)(F)F. The van der Waals surface area contributed by atoms with Crippen molar-refractivity contribution in [3.63, 3.8) is 0 Å². The van der Waals surface area contributed by atoms with Crippen LogP contribution in [0.1, 0.15) is 19.8 Å². The fourth-order valence-electron chi connectivity index (χ4n) is 0.697. The minimum Gasteiger partial charge on any atom is -0.292 e. The Hall–Kier alpha value is 0.0400. The van der Waals surface area contributed by atoms with E-state index in [1.54, 1.807) is 0 Å². The van der Waals surface area contributed by atoms with Gasteiger partial charge in [0, 0.05) is 5.88 Å². The van der Waals surface area contributed by atoms with Crippen LogP contribution in [-0.2, 0) is 4.74 Å². The Morgan fingerprint density at radius 1 is 1.42 bits per heavy atom. The van der Waals surface area contributed by atoms with E-state index in [1.165, 1.54) is 0 Å². The molecule has 5 heteroatoms. The van der Waals surface area contributed by atoms with Gasteiger partial charge in [-0.1, -0.05) is 6.92 Å². The van der Waals surface area contributed by atoms with Crippen molar-refractivity contribution in [1.82, 2.24) is 0 Å². The smallest absolute Gasteiger partial charge is 0.292 e. The summed E-state index contributed by atoms with van der Waals surface area (Å²) in [5, 5.41) is 0. The number of hydrogen-bond acceptors (Lipinski definition) is 1. The summed E-state index contributed by atoms with van der Waals surface area (Å²) in [6.45, 7) is 1.62. The van der Waals surface area contributed by atoms with Crippen LogP contribution in [0.5, 0.6) is 0 Å². The van der Waals surface area contributed by atoms with Crippen LogP contribution in [-0.4, -0.2) is 18.8 Å². The number of hydrogen-bond donors (Lipinski definition) is 0. The van der Waals surface area contributed by atoms with Gasteiger partial charge < -0.3 is 0 Å². The van der Waals surface area contributed by atoms with Crippen LogP contribution in [0.3, 0.4) is 0 Å². The monoisotopic (exact) mass is 204 g/mol. The van der Waals surface area contributed by atoms with Gasteiger partial charge in [0.25, 0.3) is 0 Å². The van der Waals surface area contributed by atoms with Crippen molar-refractivity contribution in [2.24, 2.45) is 5.92 Å². The van der Waals surface area contributed by atoms with E-state index in [9.17, 15) is 13.2 Å². The van der Waals surface area contributed by atoms with Gasteiger partial charge in [0.15, 0.2) is 0 Å². The predicted molar refractivity (Wildman–Crippen MR) is 41.1 cm³/mol. The molecule has 0 aromatic carbocycles. The lowest BCUT2D eigenvalue weighted by Gasteiger charge is -2.09. The molecule has 0 N–H and O–H groups in total. The van der Waals surface area contributed by atoms with E-state index in [0.717, 1.165) is 0 Å². The van der Waals surface area contributed by atoms with Crippen LogP contribution in [0.4, 0.5) is 13.2 Å². The van der Waals surface area contributed by atoms with Gasteiger partial charge in [-0.3, -0.25) is 4.74 Å². The van der Waals surface area contributed by atoms with E-state index in [-0.39, 0.29) is 12.5 Å². The number of halogens is 4. The molecule has 0 spiro atoms. The van der Waals surface area contributed by atoms with Gasteiger partial charge >= 0.3 is 6.36 Å². The van der Waals surface area contributed by atoms with Crippen molar-refractivity contribution in [3.05, 3.63) is 0 Å². The summed E-state index contributed by atoms with van der Waals surface area (Å²) >= 11 is 5.46. The highest BCUT2D eigenvalue weighted by atomic mass is 35.5. The van der Waals surface area contributed by atoms with E-state index < -0.39 is 6.36 Å². The third-order valence-corrected chi connectivity index (χ3v) is 1.90. The van der Waals surface area contributed by atoms with Crippen molar-refractivity contribution in [1.29, 1.82) is 0 Å². The zero-order chi connectivity index (χ0) is 9.61. The normalized spacial score (nSPS) is 14.8. The lowest BCUT2D eigenvalue weighted by atomic mass is 10.1. The Balaban J connectivity index is 3.22. The van der Waals surface area contributed by atoms with Gasteiger partial charge in [-0.05, 0) is 18.8 Å². The molecule has 0 bridgehead atoms. The van der Waals surface area contributed by atoms with Crippen LogP contribution in [0, 0.1) is 5.92 Å². The molecule has 1 atom stereocenters. The highest BCUT2D eigenvalue weighted by Gasteiger charge is 2.28. The predicted octanol–water partition coefficient (Wildman–Crippen LogP) is 3.18. The highest BCUT2D eigenvalue weighted by Crippen LogP contribution is 2.17. The molecule has 1 unspecified atom stereocenters. The Morgan fingerprint density at radius 2 is 2.00 bits per heavy atom. The number of ether oxygens (including phenoxy) is 1. The minimum absolute atomic E-state index is 0.253. The quantitative estimate of drug-likeness (QED) is 0.494. The maximum absolute atomic E-state index is 11.4. The van der Waals surface area contributed by atoms with E-state index in [0.29, 0.717) is 18.7 Å². The second-order valence-electron chi connectivity index (χ2n) is 2.70. The summed E-state index contributed by atoms with van der Waals surface area (Å²) in [4.78, 5) is 0. The molecule has 0 aromatic rings. The fraction of sp³-hybridized carbons (Fsp3) is 1.00. The molecule has 0 amide bonds. The van der Waals surface area contributed by atoms with Crippen LogP contribution in [0.15, 0.2) is 0 Å². The van der Waals surface area contributed by atoms with Crippen LogP contribution >= 0.6 is 11.6 Å². The Bertz CT molecular complexity index is 116. The average molecular weight is 205 g/mol. The third kappa shape index (κ3) is 8.14. The maximum Gasteiger partial charge on any atom is 0.522 e. The van der Waals surface area contributed by atoms with Crippen molar-refractivity contribution in [2.45, 2.75) is 26.1 Å². The third-order valence-electron chi connectivity index (χ3n) is 1.37. The first-order valence-electron chi connectivity index (χ1n) is 3.72. The molecular weight excluding hydrogens is 193 g/mol. The average Bonchev–Trinajstić information content (AvgIpc) is 1.96. The first-order chi connectivity index (χ1) is 5.45. The molecule has 0 aliphatic carbocycles. The first kappa shape index (κ1) is 12.0. The standard InChI is InChI=1S/C7H12ClF3O/c1-6(5-8)3-2-4-12-7(9,10)11/h6H,2-5H2,1H3. The summed E-state index contributed by atoms with van der Waals surface area (Å²) in [5.41, 5.74) is 0. The number of alkyl halides is 4. The van der Waals surface area contributed by atoms with Crippen LogP contribution < -0.4 is 0 Å². The molecule has 74 valence electrons. The molecule has 0 aliphatic heterocycles. The lowest BCUT2D eigenvalue weighted by Crippen LogP contribution is -2.14. The summed E-state index contributed by atoms with van der Waals surface area (Å²) in [6, 6.07) is 0. The molecule has 1 nitrogen and oxygen atoms in total. The fourth-order valence-corrected chi connectivity index (χ4v) is 0.851. The molecule has 0 saturated carbocycles. The molecule has 0 aliphatic rings. The zero-order valence-corrected chi connectivity index (χ0v) is 7.58. The number of rotatable bonds is 5. The largest absolute Gasteiger partial charge is 0.522 e. The summed E-state index contributed by atoms with van der Waals surface area (Å²) in [5.74, 6) is 0.731. The first-order valence-corrected chi connectivity index (χ1v) is 4.26. The molecule has 0 rings (SSSR count). The van der Waals surface area contributed by atoms with Crippen molar-refractivity contribution >= 4 is 11.6 Å². The van der Waals surface area contributed by atoms with E-state index in [4.69, 9.17) is 11.6 Å².